The second-order valence-corrected chi connectivity index (χ2v) is 8.61. The van der Waals surface area contributed by atoms with Crippen LogP contribution in [0, 0.1) is 0 Å². The summed E-state index contributed by atoms with van der Waals surface area (Å²) in [6.07, 6.45) is 2.48. The van der Waals surface area contributed by atoms with E-state index in [0.717, 1.165) is 30.1 Å². The van der Waals surface area contributed by atoms with Gasteiger partial charge in [-0.15, -0.1) is 22.7 Å². The molecule has 5 nitrogen and oxygen atoms in total. The number of hydrogen-bond acceptors (Lipinski definition) is 5. The molecule has 1 atom stereocenters. The molecule has 3 rings (SSSR count). The molecule has 2 amide bonds. The van der Waals surface area contributed by atoms with Crippen LogP contribution in [0.25, 0.3) is 0 Å². The maximum Gasteiger partial charge on any atom is 0.263 e. The Hall–Kier alpha value is -1.44. The van der Waals surface area contributed by atoms with Gasteiger partial charge in [-0.3, -0.25) is 9.59 Å². The summed E-state index contributed by atoms with van der Waals surface area (Å²) in [4.78, 5) is 31.2. The normalized spacial score (nSPS) is 17.5. The standard InChI is InChI=1S/C17H20ClN3O2S2/c1-2-15(22)19-8-12-10-24-16(20-12)11-4-3-7-21(9-11)17(23)13-5-6-14(18)25-13/h5-6,10-11H,2-4,7-9H2,1H3,(H,19,22)/t11-/m0/s1. The molecule has 8 heteroatoms. The van der Waals surface area contributed by atoms with Gasteiger partial charge in [-0.1, -0.05) is 18.5 Å². The number of thiophene rings is 1. The van der Waals surface area contributed by atoms with E-state index >= 15 is 0 Å². The molecule has 0 unspecified atom stereocenters. The van der Waals surface area contributed by atoms with Crippen LogP contribution in [0.3, 0.4) is 0 Å². The zero-order valence-corrected chi connectivity index (χ0v) is 16.3. The lowest BCUT2D eigenvalue weighted by molar-refractivity contribution is -0.120. The van der Waals surface area contributed by atoms with Gasteiger partial charge in [0.15, 0.2) is 0 Å². The van der Waals surface area contributed by atoms with Crippen molar-refractivity contribution in [1.82, 2.24) is 15.2 Å². The Bertz CT molecular complexity index is 759. The van der Waals surface area contributed by atoms with Crippen LogP contribution in [0.15, 0.2) is 17.5 Å². The van der Waals surface area contributed by atoms with Crippen molar-refractivity contribution >= 4 is 46.1 Å². The molecular formula is C17H20ClN3O2S2. The average molecular weight is 398 g/mol. The lowest BCUT2D eigenvalue weighted by atomic mass is 9.98. The van der Waals surface area contributed by atoms with E-state index in [9.17, 15) is 9.59 Å². The monoisotopic (exact) mass is 397 g/mol. The molecule has 25 heavy (non-hydrogen) atoms. The second-order valence-electron chi connectivity index (χ2n) is 6.00. The minimum absolute atomic E-state index is 0.0265. The van der Waals surface area contributed by atoms with Crippen LogP contribution in [0.4, 0.5) is 0 Å². The third-order valence-corrected chi connectivity index (χ3v) is 6.47. The maximum atomic E-state index is 12.6. The summed E-state index contributed by atoms with van der Waals surface area (Å²) in [6, 6.07) is 3.55. The topological polar surface area (TPSA) is 62.3 Å². The highest BCUT2D eigenvalue weighted by molar-refractivity contribution is 7.18. The molecule has 1 aliphatic heterocycles. The molecule has 1 saturated heterocycles. The third-order valence-electron chi connectivity index (χ3n) is 4.20. The van der Waals surface area contributed by atoms with Gasteiger partial charge in [0.2, 0.25) is 5.91 Å². The van der Waals surface area contributed by atoms with Crippen molar-refractivity contribution in [3.8, 4) is 0 Å². The summed E-state index contributed by atoms with van der Waals surface area (Å²) in [5.41, 5.74) is 0.885. The number of aromatic nitrogens is 1. The summed E-state index contributed by atoms with van der Waals surface area (Å²) in [5.74, 6) is 0.334. The van der Waals surface area contributed by atoms with Crippen molar-refractivity contribution in [3.63, 3.8) is 0 Å². The fraction of sp³-hybridized carbons (Fsp3) is 0.471. The Morgan fingerprint density at radius 3 is 3.00 bits per heavy atom. The molecule has 1 aliphatic rings. The van der Waals surface area contributed by atoms with Gasteiger partial charge in [0.05, 0.1) is 26.5 Å². The van der Waals surface area contributed by atoms with Gasteiger partial charge < -0.3 is 10.2 Å². The Balaban J connectivity index is 1.62. The molecule has 0 aliphatic carbocycles. The Morgan fingerprint density at radius 1 is 1.44 bits per heavy atom. The lowest BCUT2D eigenvalue weighted by Crippen LogP contribution is -2.38. The third kappa shape index (κ3) is 4.59. The van der Waals surface area contributed by atoms with Gasteiger partial charge in [-0.05, 0) is 25.0 Å². The Labute approximate surface area is 160 Å². The van der Waals surface area contributed by atoms with Crippen LogP contribution in [0.1, 0.15) is 52.5 Å². The van der Waals surface area contributed by atoms with Gasteiger partial charge in [0.25, 0.3) is 5.91 Å². The van der Waals surface area contributed by atoms with Gasteiger partial charge in [-0.25, -0.2) is 4.98 Å². The first kappa shape index (κ1) is 18.4. The summed E-state index contributed by atoms with van der Waals surface area (Å²) >= 11 is 8.88. The highest BCUT2D eigenvalue weighted by Crippen LogP contribution is 2.31. The minimum atomic E-state index is 0.0265. The summed E-state index contributed by atoms with van der Waals surface area (Å²) in [6.45, 7) is 3.75. The number of nitrogens with zero attached hydrogens (tertiary/aromatic N) is 2. The van der Waals surface area contributed by atoms with Crippen molar-refractivity contribution in [1.29, 1.82) is 0 Å². The van der Waals surface area contributed by atoms with Crippen LogP contribution >= 0.6 is 34.3 Å². The van der Waals surface area contributed by atoms with Crippen molar-refractivity contribution in [2.24, 2.45) is 0 Å². The van der Waals surface area contributed by atoms with Crippen LogP contribution < -0.4 is 5.32 Å². The molecule has 2 aromatic rings. The number of piperidine rings is 1. The Morgan fingerprint density at radius 2 is 2.28 bits per heavy atom. The van der Waals surface area contributed by atoms with Crippen molar-refractivity contribution in [3.05, 3.63) is 37.4 Å². The van der Waals surface area contributed by atoms with Gasteiger partial charge in [0, 0.05) is 30.8 Å². The first-order chi connectivity index (χ1) is 12.1. The molecular weight excluding hydrogens is 378 g/mol. The number of thiazole rings is 1. The molecule has 0 aromatic carbocycles. The first-order valence-corrected chi connectivity index (χ1v) is 10.4. The number of amides is 2. The van der Waals surface area contributed by atoms with E-state index in [2.05, 4.69) is 10.3 Å². The smallest absolute Gasteiger partial charge is 0.263 e. The van der Waals surface area contributed by atoms with Gasteiger partial charge >= 0.3 is 0 Å². The maximum absolute atomic E-state index is 12.6. The highest BCUT2D eigenvalue weighted by Gasteiger charge is 2.28. The SMILES string of the molecule is CCC(=O)NCc1csc([C@H]2CCCN(C(=O)c3ccc(Cl)s3)C2)n1. The predicted molar refractivity (Wildman–Crippen MR) is 101 cm³/mol. The van der Waals surface area contributed by atoms with E-state index < -0.39 is 0 Å². The molecule has 0 saturated carbocycles. The fourth-order valence-corrected chi connectivity index (χ4v) is 4.81. The highest BCUT2D eigenvalue weighted by atomic mass is 35.5. The lowest BCUT2D eigenvalue weighted by Gasteiger charge is -2.31. The van der Waals surface area contributed by atoms with Gasteiger partial charge in [0.1, 0.15) is 0 Å². The van der Waals surface area contributed by atoms with Crippen LogP contribution in [0.5, 0.6) is 0 Å². The number of carbonyl (C=O) groups excluding carboxylic acids is 2. The van der Waals surface area contributed by atoms with Crippen LogP contribution in [-0.4, -0.2) is 34.8 Å². The number of carbonyl (C=O) groups is 2. The Kier molecular flexibility index (Phi) is 6.09. The van der Waals surface area contributed by atoms with E-state index in [4.69, 9.17) is 11.6 Å². The molecule has 2 aromatic heterocycles. The quantitative estimate of drug-likeness (QED) is 0.832. The average Bonchev–Trinajstić information content (AvgIpc) is 3.28. The number of rotatable bonds is 5. The van der Waals surface area contributed by atoms with E-state index in [1.807, 2.05) is 17.2 Å². The summed E-state index contributed by atoms with van der Waals surface area (Å²) in [5, 5.41) is 5.88. The largest absolute Gasteiger partial charge is 0.350 e. The molecule has 0 spiro atoms. The van der Waals surface area contributed by atoms with Crippen LogP contribution in [0.2, 0.25) is 4.34 Å². The van der Waals surface area contributed by atoms with E-state index in [1.165, 1.54) is 11.3 Å². The van der Waals surface area contributed by atoms with E-state index in [1.54, 1.807) is 23.5 Å². The minimum Gasteiger partial charge on any atom is -0.350 e. The summed E-state index contributed by atoms with van der Waals surface area (Å²) in [7, 11) is 0. The molecule has 134 valence electrons. The molecule has 1 N–H and O–H groups in total. The van der Waals surface area contributed by atoms with Crippen molar-refractivity contribution < 1.29 is 9.59 Å². The van der Waals surface area contributed by atoms with Crippen LogP contribution in [-0.2, 0) is 11.3 Å². The zero-order valence-electron chi connectivity index (χ0n) is 14.0. The summed E-state index contributed by atoms with van der Waals surface area (Å²) < 4.78 is 0.635. The zero-order chi connectivity index (χ0) is 17.8. The van der Waals surface area contributed by atoms with E-state index in [0.29, 0.717) is 28.7 Å². The molecule has 0 bridgehead atoms. The van der Waals surface area contributed by atoms with Crippen molar-refractivity contribution in [2.45, 2.75) is 38.6 Å². The number of halogens is 1. The molecule has 0 radical (unpaired) electrons. The second kappa shape index (κ2) is 8.29. The van der Waals surface area contributed by atoms with Gasteiger partial charge in [-0.2, -0.15) is 0 Å². The number of likely N-dealkylation sites (tertiary alicyclic amines) is 1. The first-order valence-electron chi connectivity index (χ1n) is 8.32. The number of nitrogens with one attached hydrogen (secondary N) is 1. The van der Waals surface area contributed by atoms with E-state index in [-0.39, 0.29) is 17.7 Å². The molecule has 3 heterocycles. The van der Waals surface area contributed by atoms with Crippen molar-refractivity contribution in [2.75, 3.05) is 13.1 Å². The molecule has 1 fully saturated rings. The predicted octanol–water partition coefficient (Wildman–Crippen LogP) is 3.90. The number of hydrogen-bond donors (Lipinski definition) is 1. The fourth-order valence-electron chi connectivity index (χ4n) is 2.85.